The summed E-state index contributed by atoms with van der Waals surface area (Å²) in [5, 5.41) is 8.77. The summed E-state index contributed by atoms with van der Waals surface area (Å²) in [6.45, 7) is 2.67. The van der Waals surface area contributed by atoms with Gasteiger partial charge in [-0.25, -0.2) is 9.69 Å². The van der Waals surface area contributed by atoms with Gasteiger partial charge in [0.15, 0.2) is 0 Å². The van der Waals surface area contributed by atoms with Gasteiger partial charge in [0.1, 0.15) is 5.84 Å². The topological polar surface area (TPSA) is 47.4 Å². The van der Waals surface area contributed by atoms with E-state index in [0.717, 1.165) is 24.9 Å². The Bertz CT molecular complexity index is 521. The smallest absolute Gasteiger partial charge is 0.314 e. The maximum absolute atomic E-state index is 12.3. The summed E-state index contributed by atoms with van der Waals surface area (Å²) in [6, 6.07) is 5.34. The summed E-state index contributed by atoms with van der Waals surface area (Å²) in [4.78, 5) is 15.5. The Labute approximate surface area is 111 Å². The fraction of sp³-hybridized carbons (Fsp3) is 0.385. The van der Waals surface area contributed by atoms with Crippen molar-refractivity contribution in [1.29, 1.82) is 5.41 Å². The molecule has 0 aromatic heterocycles. The van der Waals surface area contributed by atoms with Crippen LogP contribution in [-0.2, 0) is 0 Å². The van der Waals surface area contributed by atoms with Gasteiger partial charge < -0.3 is 4.90 Å². The van der Waals surface area contributed by atoms with Gasteiger partial charge in [-0.1, -0.05) is 17.7 Å². The molecule has 1 aromatic carbocycles. The maximum atomic E-state index is 12.3. The summed E-state index contributed by atoms with van der Waals surface area (Å²) < 4.78 is 0. The number of fused-ring (bicyclic) bond motifs is 1. The molecule has 18 heavy (non-hydrogen) atoms. The predicted octanol–water partition coefficient (Wildman–Crippen LogP) is 3.03. The number of hydrogen-bond donors (Lipinski definition) is 1. The second kappa shape index (κ2) is 3.99. The van der Waals surface area contributed by atoms with Crippen LogP contribution < -0.4 is 4.90 Å². The number of nitrogens with zero attached hydrogens (tertiary/aromatic N) is 2. The molecule has 0 aliphatic carbocycles. The fourth-order valence-corrected chi connectivity index (χ4v) is 2.81. The van der Waals surface area contributed by atoms with Crippen LogP contribution in [0.15, 0.2) is 18.2 Å². The van der Waals surface area contributed by atoms with E-state index in [9.17, 15) is 4.79 Å². The zero-order valence-electron chi connectivity index (χ0n) is 10.1. The molecular weight excluding hydrogens is 250 g/mol. The molecule has 2 amide bonds. The number of urea groups is 1. The highest BCUT2D eigenvalue weighted by atomic mass is 35.5. The Balaban J connectivity index is 1.99. The second-order valence-corrected chi connectivity index (χ2v) is 5.20. The first-order chi connectivity index (χ1) is 8.59. The lowest BCUT2D eigenvalue weighted by Crippen LogP contribution is -2.32. The molecule has 2 aliphatic rings. The normalized spacial score (nSPS) is 22.9. The van der Waals surface area contributed by atoms with Gasteiger partial charge in [-0.05, 0) is 37.5 Å². The SMILES string of the molecule is Cc1ccc(N2C(=N)C3CCCN3C2=O)cc1Cl. The molecule has 2 aliphatic heterocycles. The van der Waals surface area contributed by atoms with Crippen molar-refractivity contribution >= 4 is 29.2 Å². The Hall–Kier alpha value is -1.55. The molecule has 5 heteroatoms. The summed E-state index contributed by atoms with van der Waals surface area (Å²) in [5.74, 6) is 0.373. The zero-order valence-corrected chi connectivity index (χ0v) is 10.9. The number of nitrogens with one attached hydrogen (secondary N) is 1. The van der Waals surface area contributed by atoms with Crippen molar-refractivity contribution in [2.24, 2.45) is 0 Å². The molecule has 3 rings (SSSR count). The van der Waals surface area contributed by atoms with E-state index >= 15 is 0 Å². The van der Waals surface area contributed by atoms with Crippen LogP contribution in [0.25, 0.3) is 0 Å². The lowest BCUT2D eigenvalue weighted by Gasteiger charge is -2.17. The quantitative estimate of drug-likeness (QED) is 0.832. The summed E-state index contributed by atoms with van der Waals surface area (Å²) in [5.41, 5.74) is 1.66. The van der Waals surface area contributed by atoms with Gasteiger partial charge in [0.25, 0.3) is 0 Å². The number of amides is 2. The van der Waals surface area contributed by atoms with Crippen molar-refractivity contribution in [3.63, 3.8) is 0 Å². The van der Waals surface area contributed by atoms with Gasteiger partial charge >= 0.3 is 6.03 Å². The Morgan fingerprint density at radius 2 is 2.22 bits per heavy atom. The second-order valence-electron chi connectivity index (χ2n) is 4.79. The van der Waals surface area contributed by atoms with Crippen molar-refractivity contribution in [2.45, 2.75) is 25.8 Å². The molecular formula is C13H14ClN3O. The Morgan fingerprint density at radius 1 is 1.44 bits per heavy atom. The minimum atomic E-state index is -0.0950. The first-order valence-corrected chi connectivity index (χ1v) is 6.42. The van der Waals surface area contributed by atoms with E-state index in [1.54, 1.807) is 11.0 Å². The maximum Gasteiger partial charge on any atom is 0.330 e. The van der Waals surface area contributed by atoms with Crippen molar-refractivity contribution in [3.8, 4) is 0 Å². The van der Waals surface area contributed by atoms with E-state index in [0.29, 0.717) is 16.5 Å². The molecule has 0 bridgehead atoms. The van der Waals surface area contributed by atoms with E-state index < -0.39 is 0 Å². The molecule has 1 unspecified atom stereocenters. The van der Waals surface area contributed by atoms with Crippen LogP contribution in [0.5, 0.6) is 0 Å². The molecule has 2 fully saturated rings. The molecule has 4 nitrogen and oxygen atoms in total. The summed E-state index contributed by atoms with van der Waals surface area (Å²) in [7, 11) is 0. The molecule has 1 atom stereocenters. The number of halogens is 1. The van der Waals surface area contributed by atoms with Crippen LogP contribution in [0.2, 0.25) is 5.02 Å². The first-order valence-electron chi connectivity index (χ1n) is 6.05. The van der Waals surface area contributed by atoms with Gasteiger partial charge in [-0.3, -0.25) is 5.41 Å². The molecule has 1 aromatic rings. The number of benzene rings is 1. The van der Waals surface area contributed by atoms with Crippen LogP contribution in [-0.4, -0.2) is 29.4 Å². The third kappa shape index (κ3) is 1.52. The van der Waals surface area contributed by atoms with Gasteiger partial charge in [0, 0.05) is 11.6 Å². The first kappa shape index (κ1) is 11.5. The number of hydrogen-bond acceptors (Lipinski definition) is 2. The number of carbonyl (C=O) groups is 1. The highest BCUT2D eigenvalue weighted by molar-refractivity contribution is 6.32. The number of amidine groups is 1. The minimum Gasteiger partial charge on any atom is -0.314 e. The fourth-order valence-electron chi connectivity index (χ4n) is 2.63. The van der Waals surface area contributed by atoms with Gasteiger partial charge in [-0.2, -0.15) is 0 Å². The minimum absolute atomic E-state index is 0.0439. The van der Waals surface area contributed by atoms with Crippen LogP contribution in [0.3, 0.4) is 0 Å². The standard InChI is InChI=1S/C13H14ClN3O/c1-8-4-5-9(7-10(8)14)17-12(15)11-3-2-6-16(11)13(17)18/h4-5,7,11,15H,2-3,6H2,1H3. The number of aryl methyl sites for hydroxylation is 1. The van der Waals surface area contributed by atoms with E-state index in [1.165, 1.54) is 4.90 Å². The lowest BCUT2D eigenvalue weighted by atomic mass is 10.2. The predicted molar refractivity (Wildman–Crippen MR) is 71.5 cm³/mol. The summed E-state index contributed by atoms with van der Waals surface area (Å²) in [6.07, 6.45) is 1.88. The van der Waals surface area contributed by atoms with Gasteiger partial charge in [0.05, 0.1) is 11.7 Å². The molecule has 0 spiro atoms. The molecule has 2 heterocycles. The number of carbonyl (C=O) groups excluding carboxylic acids is 1. The third-order valence-corrected chi connectivity index (χ3v) is 4.07. The average molecular weight is 264 g/mol. The van der Waals surface area contributed by atoms with Crippen molar-refractivity contribution in [1.82, 2.24) is 4.90 Å². The highest BCUT2D eigenvalue weighted by Gasteiger charge is 2.45. The van der Waals surface area contributed by atoms with Crippen LogP contribution in [0, 0.1) is 12.3 Å². The molecule has 1 N–H and O–H groups in total. The Kier molecular flexibility index (Phi) is 2.55. The lowest BCUT2D eigenvalue weighted by molar-refractivity contribution is 0.220. The number of rotatable bonds is 1. The van der Waals surface area contributed by atoms with E-state index in [4.69, 9.17) is 17.0 Å². The molecule has 0 radical (unpaired) electrons. The van der Waals surface area contributed by atoms with Gasteiger partial charge in [0.2, 0.25) is 0 Å². The third-order valence-electron chi connectivity index (χ3n) is 3.66. The molecule has 94 valence electrons. The van der Waals surface area contributed by atoms with Crippen molar-refractivity contribution in [2.75, 3.05) is 11.4 Å². The van der Waals surface area contributed by atoms with Crippen LogP contribution >= 0.6 is 11.6 Å². The van der Waals surface area contributed by atoms with E-state index in [2.05, 4.69) is 0 Å². The highest BCUT2D eigenvalue weighted by Crippen LogP contribution is 2.33. The van der Waals surface area contributed by atoms with E-state index in [1.807, 2.05) is 19.1 Å². The van der Waals surface area contributed by atoms with Crippen LogP contribution in [0.4, 0.5) is 10.5 Å². The van der Waals surface area contributed by atoms with E-state index in [-0.39, 0.29) is 12.1 Å². The summed E-state index contributed by atoms with van der Waals surface area (Å²) >= 11 is 6.09. The molecule has 0 saturated carbocycles. The van der Waals surface area contributed by atoms with Crippen LogP contribution in [0.1, 0.15) is 18.4 Å². The Morgan fingerprint density at radius 3 is 2.89 bits per heavy atom. The zero-order chi connectivity index (χ0) is 12.9. The monoisotopic (exact) mass is 263 g/mol. The number of anilines is 1. The van der Waals surface area contributed by atoms with Gasteiger partial charge in [-0.15, -0.1) is 0 Å². The largest absolute Gasteiger partial charge is 0.330 e. The van der Waals surface area contributed by atoms with Crippen molar-refractivity contribution in [3.05, 3.63) is 28.8 Å². The average Bonchev–Trinajstić information content (AvgIpc) is 2.89. The van der Waals surface area contributed by atoms with Crippen molar-refractivity contribution < 1.29 is 4.79 Å². The molecule has 2 saturated heterocycles.